The highest BCUT2D eigenvalue weighted by Gasteiger charge is 2.18. The van der Waals surface area contributed by atoms with Crippen LogP contribution in [0, 0.1) is 0 Å². The Balaban J connectivity index is 1.90. The lowest BCUT2D eigenvalue weighted by molar-refractivity contribution is -0.110. The highest BCUT2D eigenvalue weighted by molar-refractivity contribution is 6.48. The Hall–Kier alpha value is -3.52. The number of ether oxygens (including phenoxy) is 2. The zero-order valence-corrected chi connectivity index (χ0v) is 16.8. The van der Waals surface area contributed by atoms with E-state index in [4.69, 9.17) is 25.9 Å². The van der Waals surface area contributed by atoms with Crippen molar-refractivity contribution in [3.05, 3.63) is 65.3 Å². The quantitative estimate of drug-likeness (QED) is 0.472. The van der Waals surface area contributed by atoms with Gasteiger partial charge in [-0.2, -0.15) is 5.10 Å². The Morgan fingerprint density at radius 3 is 2.41 bits per heavy atom. The van der Waals surface area contributed by atoms with Gasteiger partial charge in [-0.25, -0.2) is 4.68 Å². The van der Waals surface area contributed by atoms with Crippen LogP contribution < -0.4 is 14.8 Å². The first-order valence-corrected chi connectivity index (χ1v) is 8.90. The lowest BCUT2D eigenvalue weighted by Gasteiger charge is -2.13. The number of hydrogen-bond donors (Lipinski definition) is 1. The lowest BCUT2D eigenvalue weighted by Crippen LogP contribution is -2.25. The van der Waals surface area contributed by atoms with Crippen molar-refractivity contribution in [2.75, 3.05) is 26.6 Å². The molecule has 0 aliphatic heterocycles. The Bertz CT molecular complexity index is 1030. The predicted octanol–water partition coefficient (Wildman–Crippen LogP) is 3.53. The molecule has 29 heavy (non-hydrogen) atoms. The molecule has 1 N–H and O–H groups in total. The number of halogens is 1. The van der Waals surface area contributed by atoms with Gasteiger partial charge in [-0.1, -0.05) is 28.9 Å². The van der Waals surface area contributed by atoms with E-state index in [1.165, 1.54) is 7.11 Å². The van der Waals surface area contributed by atoms with E-state index in [1.807, 2.05) is 0 Å². The van der Waals surface area contributed by atoms with Gasteiger partial charge in [0.05, 0.1) is 26.1 Å². The Kier molecular flexibility index (Phi) is 6.36. The first-order chi connectivity index (χ1) is 14.1. The summed E-state index contributed by atoms with van der Waals surface area (Å²) in [5.41, 5.74) is 1.34. The SMILES string of the molecule is CON=C(C(=O)Nc1ccnn1-c1ccc(OC)c(OC)c1)c1ccc(Cl)cc1. The van der Waals surface area contributed by atoms with Crippen LogP contribution >= 0.6 is 11.6 Å². The lowest BCUT2D eigenvalue weighted by atomic mass is 10.1. The molecule has 0 bridgehead atoms. The molecule has 150 valence electrons. The van der Waals surface area contributed by atoms with Crippen LogP contribution in [-0.4, -0.2) is 42.7 Å². The van der Waals surface area contributed by atoms with Gasteiger partial charge < -0.3 is 19.6 Å². The van der Waals surface area contributed by atoms with Gasteiger partial charge in [0.25, 0.3) is 5.91 Å². The summed E-state index contributed by atoms with van der Waals surface area (Å²) < 4.78 is 12.2. The number of benzene rings is 2. The fourth-order valence-electron chi connectivity index (χ4n) is 2.66. The average molecular weight is 415 g/mol. The van der Waals surface area contributed by atoms with Crippen molar-refractivity contribution in [1.29, 1.82) is 0 Å². The molecule has 8 nitrogen and oxygen atoms in total. The average Bonchev–Trinajstić information content (AvgIpc) is 3.20. The summed E-state index contributed by atoms with van der Waals surface area (Å²) in [5, 5.41) is 11.5. The molecule has 1 aromatic heterocycles. The first kappa shape index (κ1) is 20.2. The van der Waals surface area contributed by atoms with Crippen LogP contribution in [0.2, 0.25) is 5.02 Å². The largest absolute Gasteiger partial charge is 0.493 e. The molecule has 3 rings (SSSR count). The molecule has 1 amide bonds. The number of nitrogens with one attached hydrogen (secondary N) is 1. The van der Waals surface area contributed by atoms with Gasteiger partial charge >= 0.3 is 0 Å². The number of methoxy groups -OCH3 is 2. The molecule has 0 aliphatic carbocycles. The topological polar surface area (TPSA) is 87.0 Å². The molecule has 9 heteroatoms. The molecule has 0 spiro atoms. The molecule has 0 saturated heterocycles. The fourth-order valence-corrected chi connectivity index (χ4v) is 2.79. The Labute approximate surface area is 172 Å². The molecule has 0 fully saturated rings. The number of oxime groups is 1. The van der Waals surface area contributed by atoms with Gasteiger partial charge in [-0.3, -0.25) is 4.79 Å². The van der Waals surface area contributed by atoms with E-state index >= 15 is 0 Å². The molecule has 0 saturated carbocycles. The maximum atomic E-state index is 12.9. The van der Waals surface area contributed by atoms with E-state index in [1.54, 1.807) is 73.6 Å². The number of anilines is 1. The number of hydrogen-bond acceptors (Lipinski definition) is 6. The molecule has 1 heterocycles. The molecule has 0 unspecified atom stereocenters. The van der Waals surface area contributed by atoms with E-state index in [0.29, 0.717) is 33.6 Å². The van der Waals surface area contributed by atoms with Gasteiger partial charge in [-0.05, 0) is 24.3 Å². The summed E-state index contributed by atoms with van der Waals surface area (Å²) in [6, 6.07) is 13.7. The van der Waals surface area contributed by atoms with Crippen molar-refractivity contribution in [3.8, 4) is 17.2 Å². The summed E-state index contributed by atoms with van der Waals surface area (Å²) in [6.07, 6.45) is 1.57. The number of carbonyl (C=O) groups excluding carboxylic acids is 1. The summed E-state index contributed by atoms with van der Waals surface area (Å²) in [7, 11) is 4.48. The summed E-state index contributed by atoms with van der Waals surface area (Å²) in [6.45, 7) is 0. The third-order valence-corrected chi connectivity index (χ3v) is 4.26. The Morgan fingerprint density at radius 2 is 1.76 bits per heavy atom. The molecule has 2 aromatic carbocycles. The zero-order chi connectivity index (χ0) is 20.8. The molecular weight excluding hydrogens is 396 g/mol. The maximum absolute atomic E-state index is 12.9. The van der Waals surface area contributed by atoms with Crippen molar-refractivity contribution < 1.29 is 19.1 Å². The van der Waals surface area contributed by atoms with E-state index in [9.17, 15) is 4.79 Å². The van der Waals surface area contributed by atoms with Gasteiger partial charge in [0, 0.05) is 22.7 Å². The van der Waals surface area contributed by atoms with Crippen molar-refractivity contribution in [3.63, 3.8) is 0 Å². The van der Waals surface area contributed by atoms with Crippen molar-refractivity contribution in [1.82, 2.24) is 9.78 Å². The van der Waals surface area contributed by atoms with Crippen molar-refractivity contribution in [2.24, 2.45) is 5.16 Å². The summed E-state index contributed by atoms with van der Waals surface area (Å²) >= 11 is 5.92. The van der Waals surface area contributed by atoms with E-state index in [0.717, 1.165) is 0 Å². The van der Waals surface area contributed by atoms with Crippen molar-refractivity contribution >= 4 is 29.0 Å². The molecular formula is C20H19ClN4O4. The fraction of sp³-hybridized carbons (Fsp3) is 0.150. The minimum Gasteiger partial charge on any atom is -0.493 e. The van der Waals surface area contributed by atoms with Gasteiger partial charge in [0.1, 0.15) is 12.9 Å². The minimum absolute atomic E-state index is 0.101. The number of carbonyl (C=O) groups is 1. The standard InChI is InChI=1S/C20H19ClN4O4/c1-27-16-9-8-15(12-17(16)28-2)25-18(10-11-22-25)23-20(26)19(24-29-3)13-4-6-14(21)7-5-13/h4-12H,1-3H3,(H,23,26). The van der Waals surface area contributed by atoms with Crippen LogP contribution in [-0.2, 0) is 9.63 Å². The second kappa shape index (κ2) is 9.11. The van der Waals surface area contributed by atoms with Crippen LogP contribution in [0.5, 0.6) is 11.5 Å². The Morgan fingerprint density at radius 1 is 1.03 bits per heavy atom. The van der Waals surface area contributed by atoms with Crippen LogP contribution in [0.25, 0.3) is 5.69 Å². The normalized spacial score (nSPS) is 11.1. The smallest absolute Gasteiger partial charge is 0.279 e. The van der Waals surface area contributed by atoms with E-state index in [-0.39, 0.29) is 5.71 Å². The van der Waals surface area contributed by atoms with Crippen LogP contribution in [0.3, 0.4) is 0 Å². The molecule has 0 aliphatic rings. The third-order valence-electron chi connectivity index (χ3n) is 4.01. The van der Waals surface area contributed by atoms with Gasteiger partial charge in [-0.15, -0.1) is 0 Å². The maximum Gasteiger partial charge on any atom is 0.279 e. The van der Waals surface area contributed by atoms with Crippen LogP contribution in [0.15, 0.2) is 59.9 Å². The second-order valence-corrected chi connectivity index (χ2v) is 6.19. The zero-order valence-electron chi connectivity index (χ0n) is 16.0. The number of rotatable bonds is 7. The highest BCUT2D eigenvalue weighted by Crippen LogP contribution is 2.30. The minimum atomic E-state index is -0.462. The first-order valence-electron chi connectivity index (χ1n) is 8.52. The number of aromatic nitrogens is 2. The second-order valence-electron chi connectivity index (χ2n) is 5.75. The van der Waals surface area contributed by atoms with Gasteiger partial charge in [0.2, 0.25) is 0 Å². The molecule has 0 radical (unpaired) electrons. The van der Waals surface area contributed by atoms with Crippen molar-refractivity contribution in [2.45, 2.75) is 0 Å². The summed E-state index contributed by atoms with van der Waals surface area (Å²) in [5.74, 6) is 1.11. The monoisotopic (exact) mass is 414 g/mol. The van der Waals surface area contributed by atoms with Crippen LogP contribution in [0.1, 0.15) is 5.56 Å². The van der Waals surface area contributed by atoms with Gasteiger partial charge in [0.15, 0.2) is 17.2 Å². The van der Waals surface area contributed by atoms with E-state index in [2.05, 4.69) is 15.6 Å². The molecule has 0 atom stereocenters. The summed E-state index contributed by atoms with van der Waals surface area (Å²) in [4.78, 5) is 17.7. The molecule has 3 aromatic rings. The highest BCUT2D eigenvalue weighted by atomic mass is 35.5. The predicted molar refractivity (Wildman–Crippen MR) is 110 cm³/mol. The number of amides is 1. The van der Waals surface area contributed by atoms with Crippen LogP contribution in [0.4, 0.5) is 5.82 Å². The van der Waals surface area contributed by atoms with E-state index < -0.39 is 5.91 Å². The third kappa shape index (κ3) is 4.49. The number of nitrogens with zero attached hydrogens (tertiary/aromatic N) is 3.